The zero-order chi connectivity index (χ0) is 17.9. The Kier molecular flexibility index (Phi) is 4.83. The quantitative estimate of drug-likeness (QED) is 0.868. The van der Waals surface area contributed by atoms with E-state index in [1.807, 2.05) is 0 Å². The van der Waals surface area contributed by atoms with Gasteiger partial charge in [0.25, 0.3) is 5.91 Å². The summed E-state index contributed by atoms with van der Waals surface area (Å²) >= 11 is 1.45. The van der Waals surface area contributed by atoms with Crippen LogP contribution in [0.1, 0.15) is 46.6 Å². The number of urea groups is 1. The van der Waals surface area contributed by atoms with Crippen molar-refractivity contribution in [3.63, 3.8) is 0 Å². The van der Waals surface area contributed by atoms with E-state index < -0.39 is 0 Å². The second-order valence-electron chi connectivity index (χ2n) is 6.69. The molecule has 1 aliphatic carbocycles. The van der Waals surface area contributed by atoms with E-state index >= 15 is 0 Å². The van der Waals surface area contributed by atoms with Gasteiger partial charge in [-0.2, -0.15) is 0 Å². The molecular weight excluding hydrogens is 350 g/mol. The van der Waals surface area contributed by atoms with Crippen LogP contribution in [-0.4, -0.2) is 39.4 Å². The lowest BCUT2D eigenvalue weighted by atomic mass is 10.1. The van der Waals surface area contributed by atoms with Crippen LogP contribution >= 0.6 is 11.3 Å². The van der Waals surface area contributed by atoms with E-state index in [0.29, 0.717) is 30.2 Å². The lowest BCUT2D eigenvalue weighted by Crippen LogP contribution is -2.36. The molecule has 3 heterocycles. The Balaban J connectivity index is 1.39. The van der Waals surface area contributed by atoms with Gasteiger partial charge in [-0.25, -0.2) is 9.78 Å². The number of rotatable bonds is 3. The first-order valence-electron chi connectivity index (χ1n) is 8.94. The molecule has 1 saturated carbocycles. The van der Waals surface area contributed by atoms with Crippen LogP contribution in [-0.2, 0) is 13.0 Å². The molecule has 0 radical (unpaired) electrons. The number of thiazole rings is 1. The highest BCUT2D eigenvalue weighted by Gasteiger charge is 2.25. The van der Waals surface area contributed by atoms with E-state index in [1.54, 1.807) is 29.4 Å². The maximum absolute atomic E-state index is 12.6. The fraction of sp³-hybridized carbons (Fsp3) is 0.444. The predicted octanol–water partition coefficient (Wildman–Crippen LogP) is 2.80. The third kappa shape index (κ3) is 3.70. The average Bonchev–Trinajstić information content (AvgIpc) is 3.30. The van der Waals surface area contributed by atoms with Gasteiger partial charge < -0.3 is 10.2 Å². The smallest absolute Gasteiger partial charge is 0.321 e. The molecule has 2 aromatic rings. The third-order valence-electron chi connectivity index (χ3n) is 4.84. The van der Waals surface area contributed by atoms with Crippen molar-refractivity contribution in [2.24, 2.45) is 0 Å². The monoisotopic (exact) mass is 371 g/mol. The minimum absolute atomic E-state index is 0.0226. The molecular formula is C18H21N5O2S. The Bertz CT molecular complexity index is 801. The van der Waals surface area contributed by atoms with E-state index in [2.05, 4.69) is 20.6 Å². The van der Waals surface area contributed by atoms with Crippen molar-refractivity contribution in [2.75, 3.05) is 11.9 Å². The molecule has 8 heteroatoms. The first kappa shape index (κ1) is 17.0. The van der Waals surface area contributed by atoms with Crippen molar-refractivity contribution >= 4 is 28.4 Å². The zero-order valence-electron chi connectivity index (χ0n) is 14.4. The summed E-state index contributed by atoms with van der Waals surface area (Å²) in [7, 11) is 0. The summed E-state index contributed by atoms with van der Waals surface area (Å²) in [6.45, 7) is 1.14. The summed E-state index contributed by atoms with van der Waals surface area (Å²) in [6, 6.07) is 3.63. The molecule has 26 heavy (non-hydrogen) atoms. The van der Waals surface area contributed by atoms with Crippen molar-refractivity contribution in [3.8, 4) is 0 Å². The minimum atomic E-state index is -0.189. The van der Waals surface area contributed by atoms with E-state index in [0.717, 1.165) is 23.4 Å². The predicted molar refractivity (Wildman–Crippen MR) is 99.2 cm³/mol. The molecule has 136 valence electrons. The Labute approximate surface area is 155 Å². The third-order valence-corrected chi connectivity index (χ3v) is 5.84. The number of fused-ring (bicyclic) bond motifs is 1. The maximum atomic E-state index is 12.6. The molecule has 0 bridgehead atoms. The second kappa shape index (κ2) is 7.41. The highest BCUT2D eigenvalue weighted by Crippen LogP contribution is 2.29. The van der Waals surface area contributed by atoms with Gasteiger partial charge in [0.1, 0.15) is 0 Å². The molecule has 0 spiro atoms. The molecule has 2 aromatic heterocycles. The van der Waals surface area contributed by atoms with Crippen LogP contribution in [0, 0.1) is 0 Å². The Morgan fingerprint density at radius 2 is 2.12 bits per heavy atom. The van der Waals surface area contributed by atoms with E-state index in [-0.39, 0.29) is 18.0 Å². The maximum Gasteiger partial charge on any atom is 0.321 e. The minimum Gasteiger partial charge on any atom is -0.335 e. The first-order valence-corrected chi connectivity index (χ1v) is 9.76. The Hall–Kier alpha value is -2.48. The van der Waals surface area contributed by atoms with Gasteiger partial charge in [-0.1, -0.05) is 24.2 Å². The SMILES string of the molecule is O=C(Nc1nc2c(s1)CN(C(=O)c1cccnc1)CC2)NC1CCCC1. The Morgan fingerprint density at radius 3 is 2.88 bits per heavy atom. The highest BCUT2D eigenvalue weighted by molar-refractivity contribution is 7.15. The molecule has 1 fully saturated rings. The van der Waals surface area contributed by atoms with Gasteiger partial charge in [0.2, 0.25) is 0 Å². The summed E-state index contributed by atoms with van der Waals surface area (Å²) in [4.78, 5) is 36.1. The molecule has 2 N–H and O–H groups in total. The van der Waals surface area contributed by atoms with Gasteiger partial charge in [0, 0.05) is 36.3 Å². The fourth-order valence-electron chi connectivity index (χ4n) is 3.48. The van der Waals surface area contributed by atoms with Crippen LogP contribution in [0.25, 0.3) is 0 Å². The Morgan fingerprint density at radius 1 is 1.27 bits per heavy atom. The molecule has 7 nitrogen and oxygen atoms in total. The second-order valence-corrected chi connectivity index (χ2v) is 7.77. The average molecular weight is 371 g/mol. The van der Waals surface area contributed by atoms with Gasteiger partial charge in [-0.15, -0.1) is 0 Å². The standard InChI is InChI=1S/C18H21N5O2S/c24-16(12-4-3-8-19-10-12)23-9-7-14-15(11-23)26-18(21-14)22-17(25)20-13-5-1-2-6-13/h3-4,8,10,13H,1-2,5-7,9,11H2,(H2,20,21,22,25). The molecule has 1 aliphatic heterocycles. The molecule has 0 saturated heterocycles. The number of hydrogen-bond donors (Lipinski definition) is 2. The van der Waals surface area contributed by atoms with Crippen LogP contribution < -0.4 is 10.6 Å². The first-order chi connectivity index (χ1) is 12.7. The fourth-order valence-corrected chi connectivity index (χ4v) is 4.50. The summed E-state index contributed by atoms with van der Waals surface area (Å²) in [6.07, 6.45) is 8.40. The molecule has 0 unspecified atom stereocenters. The van der Waals surface area contributed by atoms with Gasteiger partial charge in [0.05, 0.1) is 17.8 Å². The van der Waals surface area contributed by atoms with Crippen molar-refractivity contribution in [2.45, 2.75) is 44.7 Å². The van der Waals surface area contributed by atoms with Crippen LogP contribution in [0.4, 0.5) is 9.93 Å². The van der Waals surface area contributed by atoms with Gasteiger partial charge in [0.15, 0.2) is 5.13 Å². The van der Waals surface area contributed by atoms with Gasteiger partial charge in [-0.3, -0.25) is 15.1 Å². The lowest BCUT2D eigenvalue weighted by Gasteiger charge is -2.25. The summed E-state index contributed by atoms with van der Waals surface area (Å²) < 4.78 is 0. The number of pyridine rings is 1. The number of nitrogens with zero attached hydrogens (tertiary/aromatic N) is 3. The van der Waals surface area contributed by atoms with Crippen molar-refractivity contribution in [1.82, 2.24) is 20.2 Å². The summed E-state index contributed by atoms with van der Waals surface area (Å²) in [5.41, 5.74) is 1.57. The number of carbonyl (C=O) groups excluding carboxylic acids is 2. The molecule has 3 amide bonds. The van der Waals surface area contributed by atoms with Gasteiger partial charge in [-0.05, 0) is 25.0 Å². The lowest BCUT2D eigenvalue weighted by molar-refractivity contribution is 0.0735. The molecule has 4 rings (SSSR count). The topological polar surface area (TPSA) is 87.2 Å². The largest absolute Gasteiger partial charge is 0.335 e. The van der Waals surface area contributed by atoms with Crippen LogP contribution in [0.5, 0.6) is 0 Å². The van der Waals surface area contributed by atoms with Crippen molar-refractivity contribution < 1.29 is 9.59 Å². The zero-order valence-corrected chi connectivity index (χ0v) is 15.2. The van der Waals surface area contributed by atoms with Crippen LogP contribution in [0.15, 0.2) is 24.5 Å². The van der Waals surface area contributed by atoms with Crippen LogP contribution in [0.2, 0.25) is 0 Å². The van der Waals surface area contributed by atoms with E-state index in [4.69, 9.17) is 0 Å². The van der Waals surface area contributed by atoms with E-state index in [1.165, 1.54) is 24.2 Å². The number of aromatic nitrogens is 2. The number of amides is 3. The molecule has 0 atom stereocenters. The van der Waals surface area contributed by atoms with Crippen LogP contribution in [0.3, 0.4) is 0 Å². The van der Waals surface area contributed by atoms with Crippen molar-refractivity contribution in [1.29, 1.82) is 0 Å². The number of hydrogen-bond acceptors (Lipinski definition) is 5. The summed E-state index contributed by atoms with van der Waals surface area (Å²) in [5.74, 6) is -0.0226. The molecule has 2 aliphatic rings. The van der Waals surface area contributed by atoms with E-state index in [9.17, 15) is 9.59 Å². The number of carbonyl (C=O) groups is 2. The normalized spacial score (nSPS) is 17.0. The molecule has 0 aromatic carbocycles. The highest BCUT2D eigenvalue weighted by atomic mass is 32.1. The summed E-state index contributed by atoms with van der Waals surface area (Å²) in [5, 5.41) is 6.45. The number of anilines is 1. The number of nitrogens with one attached hydrogen (secondary N) is 2. The van der Waals surface area contributed by atoms with Crippen molar-refractivity contribution in [3.05, 3.63) is 40.7 Å². The van der Waals surface area contributed by atoms with Gasteiger partial charge >= 0.3 is 6.03 Å².